The van der Waals surface area contributed by atoms with E-state index in [0.29, 0.717) is 5.13 Å². The van der Waals surface area contributed by atoms with Crippen LogP contribution in [0.2, 0.25) is 0 Å². The number of aromatic amines is 1. The van der Waals surface area contributed by atoms with Crippen LogP contribution in [0.15, 0.2) is 23.7 Å². The number of fused-ring (bicyclic) bond motifs is 1. The lowest BCUT2D eigenvalue weighted by Crippen LogP contribution is -1.84. The molecule has 3 N–H and O–H groups in total. The van der Waals surface area contributed by atoms with Crippen LogP contribution in [0.1, 0.15) is 5.69 Å². The molecular weight excluding hydrogens is 220 g/mol. The normalized spacial score (nSPS) is 11.1. The summed E-state index contributed by atoms with van der Waals surface area (Å²) in [5, 5.41) is 3.64. The second kappa shape index (κ2) is 3.31. The largest absolute Gasteiger partial charge is 0.375 e. The third-order valence-electron chi connectivity index (χ3n) is 2.46. The number of nitrogens with zero attached hydrogens (tertiary/aromatic N) is 2. The molecule has 0 aliphatic heterocycles. The van der Waals surface area contributed by atoms with E-state index in [1.54, 1.807) is 6.20 Å². The van der Waals surface area contributed by atoms with Crippen LogP contribution >= 0.6 is 11.3 Å². The fourth-order valence-electron chi connectivity index (χ4n) is 1.79. The van der Waals surface area contributed by atoms with Gasteiger partial charge in [0.1, 0.15) is 5.65 Å². The second-order valence-electron chi connectivity index (χ2n) is 3.64. The molecule has 3 rings (SSSR count). The molecule has 0 bridgehead atoms. The Morgan fingerprint density at radius 1 is 1.44 bits per heavy atom. The lowest BCUT2D eigenvalue weighted by Gasteiger charge is -1.97. The van der Waals surface area contributed by atoms with Gasteiger partial charge in [0.25, 0.3) is 0 Å². The summed E-state index contributed by atoms with van der Waals surface area (Å²) in [6.07, 6.45) is 1.78. The van der Waals surface area contributed by atoms with Crippen LogP contribution in [0.5, 0.6) is 0 Å². The first-order chi connectivity index (χ1) is 7.74. The van der Waals surface area contributed by atoms with Crippen LogP contribution < -0.4 is 5.73 Å². The van der Waals surface area contributed by atoms with Crippen molar-refractivity contribution in [2.75, 3.05) is 5.73 Å². The van der Waals surface area contributed by atoms with Crippen molar-refractivity contribution in [3.63, 3.8) is 0 Å². The fraction of sp³-hybridized carbons (Fsp3) is 0.0909. The molecule has 0 saturated heterocycles. The van der Waals surface area contributed by atoms with E-state index in [4.69, 9.17) is 5.73 Å². The van der Waals surface area contributed by atoms with Crippen molar-refractivity contribution in [1.82, 2.24) is 15.0 Å². The summed E-state index contributed by atoms with van der Waals surface area (Å²) in [7, 11) is 0. The predicted octanol–water partition coefficient (Wildman–Crippen LogP) is 2.58. The predicted molar refractivity (Wildman–Crippen MR) is 66.4 cm³/mol. The number of thiazole rings is 1. The molecule has 0 fully saturated rings. The van der Waals surface area contributed by atoms with Gasteiger partial charge < -0.3 is 10.7 Å². The van der Waals surface area contributed by atoms with E-state index in [2.05, 4.69) is 21.0 Å². The van der Waals surface area contributed by atoms with Crippen LogP contribution in [0, 0.1) is 6.92 Å². The van der Waals surface area contributed by atoms with Gasteiger partial charge in [0.05, 0.1) is 5.69 Å². The number of nitrogens with two attached hydrogens (primary N) is 1. The number of H-pyrrole nitrogens is 1. The monoisotopic (exact) mass is 230 g/mol. The molecule has 3 aromatic heterocycles. The lowest BCUT2D eigenvalue weighted by molar-refractivity contribution is 1.25. The van der Waals surface area contributed by atoms with Gasteiger partial charge in [-0.05, 0) is 19.1 Å². The number of aromatic nitrogens is 3. The van der Waals surface area contributed by atoms with Gasteiger partial charge in [-0.3, -0.25) is 0 Å². The van der Waals surface area contributed by atoms with E-state index in [9.17, 15) is 0 Å². The van der Waals surface area contributed by atoms with E-state index in [0.717, 1.165) is 28.0 Å². The first-order valence-corrected chi connectivity index (χ1v) is 5.78. The Morgan fingerprint density at radius 2 is 2.31 bits per heavy atom. The summed E-state index contributed by atoms with van der Waals surface area (Å²) in [4.78, 5) is 11.8. The molecule has 3 heterocycles. The van der Waals surface area contributed by atoms with Gasteiger partial charge in [0.15, 0.2) is 5.13 Å². The molecule has 0 spiro atoms. The lowest BCUT2D eigenvalue weighted by atomic mass is 10.1. The van der Waals surface area contributed by atoms with E-state index in [1.807, 2.05) is 18.4 Å². The minimum absolute atomic E-state index is 0.590. The van der Waals surface area contributed by atoms with Crippen molar-refractivity contribution in [3.8, 4) is 11.3 Å². The third-order valence-corrected chi connectivity index (χ3v) is 3.14. The quantitative estimate of drug-likeness (QED) is 0.675. The van der Waals surface area contributed by atoms with Crippen LogP contribution in [-0.2, 0) is 0 Å². The molecule has 3 aromatic rings. The zero-order chi connectivity index (χ0) is 11.1. The number of hydrogen-bond donors (Lipinski definition) is 2. The van der Waals surface area contributed by atoms with E-state index < -0.39 is 0 Å². The van der Waals surface area contributed by atoms with Crippen molar-refractivity contribution < 1.29 is 0 Å². The van der Waals surface area contributed by atoms with E-state index in [-0.39, 0.29) is 0 Å². The topological polar surface area (TPSA) is 67.6 Å². The number of aryl methyl sites for hydroxylation is 1. The molecule has 5 heteroatoms. The summed E-state index contributed by atoms with van der Waals surface area (Å²) >= 11 is 1.45. The summed E-state index contributed by atoms with van der Waals surface area (Å²) in [6, 6.07) is 4.04. The average molecular weight is 230 g/mol. The molecule has 0 radical (unpaired) electrons. The zero-order valence-corrected chi connectivity index (χ0v) is 9.51. The molecule has 0 aliphatic rings. The highest BCUT2D eigenvalue weighted by Gasteiger charge is 2.09. The Hall–Kier alpha value is -1.88. The molecule has 4 nitrogen and oxygen atoms in total. The van der Waals surface area contributed by atoms with Crippen LogP contribution in [0.4, 0.5) is 5.13 Å². The smallest absolute Gasteiger partial charge is 0.180 e. The molecule has 0 atom stereocenters. The highest BCUT2D eigenvalue weighted by Crippen LogP contribution is 2.29. The third kappa shape index (κ3) is 1.37. The second-order valence-corrected chi connectivity index (χ2v) is 4.53. The van der Waals surface area contributed by atoms with E-state index >= 15 is 0 Å². The van der Waals surface area contributed by atoms with Gasteiger partial charge >= 0.3 is 0 Å². The minimum Gasteiger partial charge on any atom is -0.375 e. The highest BCUT2D eigenvalue weighted by molar-refractivity contribution is 7.13. The van der Waals surface area contributed by atoms with E-state index in [1.165, 1.54) is 11.3 Å². The van der Waals surface area contributed by atoms with Crippen LogP contribution in [0.3, 0.4) is 0 Å². The maximum atomic E-state index is 5.65. The van der Waals surface area contributed by atoms with Gasteiger partial charge in [-0.25, -0.2) is 9.97 Å². The average Bonchev–Trinajstić information content (AvgIpc) is 2.82. The van der Waals surface area contributed by atoms with Crippen molar-refractivity contribution >= 4 is 27.5 Å². The molecule has 0 saturated carbocycles. The number of nitrogen functional groups attached to an aromatic ring is 1. The summed E-state index contributed by atoms with van der Waals surface area (Å²) in [6.45, 7) is 2.01. The molecule has 0 aliphatic carbocycles. The van der Waals surface area contributed by atoms with Crippen molar-refractivity contribution in [2.45, 2.75) is 6.92 Å². The minimum atomic E-state index is 0.590. The molecule has 0 unspecified atom stereocenters. The molecule has 0 aromatic carbocycles. The number of hydrogen-bond acceptors (Lipinski definition) is 4. The van der Waals surface area contributed by atoms with Gasteiger partial charge in [0.2, 0.25) is 0 Å². The number of nitrogens with one attached hydrogen (secondary N) is 1. The Morgan fingerprint density at radius 3 is 3.06 bits per heavy atom. The molecule has 0 amide bonds. The standard InChI is InChI=1S/C11H10N4S/c1-6-4-8-7(2-3-13-10(8)14-6)9-5-16-11(12)15-9/h2-5H,1H3,(H2,12,15)(H,13,14). The van der Waals surface area contributed by atoms with Gasteiger partial charge in [-0.1, -0.05) is 0 Å². The van der Waals surface area contributed by atoms with Crippen molar-refractivity contribution in [1.29, 1.82) is 0 Å². The first kappa shape index (κ1) is 9.35. The van der Waals surface area contributed by atoms with Crippen molar-refractivity contribution in [3.05, 3.63) is 29.4 Å². The summed E-state index contributed by atoms with van der Waals surface area (Å²) in [5.41, 5.74) is 9.62. The molecular formula is C11H10N4S. The van der Waals surface area contributed by atoms with Gasteiger partial charge in [-0.15, -0.1) is 11.3 Å². The van der Waals surface area contributed by atoms with Crippen molar-refractivity contribution in [2.24, 2.45) is 0 Å². The van der Waals surface area contributed by atoms with Gasteiger partial charge in [-0.2, -0.15) is 0 Å². The zero-order valence-electron chi connectivity index (χ0n) is 8.69. The maximum Gasteiger partial charge on any atom is 0.180 e. The SMILES string of the molecule is Cc1cc2c(-c3csc(N)n3)ccnc2[nH]1. The Bertz CT molecular complexity index is 653. The fourth-order valence-corrected chi connectivity index (χ4v) is 2.36. The van der Waals surface area contributed by atoms with Crippen LogP contribution in [0.25, 0.3) is 22.3 Å². The number of pyridine rings is 1. The Labute approximate surface area is 96.2 Å². The Balaban J connectivity index is 2.30. The van der Waals surface area contributed by atoms with Crippen LogP contribution in [-0.4, -0.2) is 15.0 Å². The Kier molecular flexibility index (Phi) is 1.94. The summed E-state index contributed by atoms with van der Waals surface area (Å²) in [5.74, 6) is 0. The molecule has 16 heavy (non-hydrogen) atoms. The maximum absolute atomic E-state index is 5.65. The summed E-state index contributed by atoms with van der Waals surface area (Å²) < 4.78 is 0. The van der Waals surface area contributed by atoms with Gasteiger partial charge in [0, 0.05) is 28.2 Å². The first-order valence-electron chi connectivity index (χ1n) is 4.90. The highest BCUT2D eigenvalue weighted by atomic mass is 32.1. The number of rotatable bonds is 1. The molecule has 80 valence electrons. The number of anilines is 1.